The van der Waals surface area contributed by atoms with Gasteiger partial charge in [-0.15, -0.1) is 11.8 Å². The maximum atomic E-state index is 13.0. The van der Waals surface area contributed by atoms with Gasteiger partial charge in [-0.25, -0.2) is 0 Å². The number of amides is 2. The highest BCUT2D eigenvalue weighted by molar-refractivity contribution is 7.99. The molecule has 0 aliphatic rings. The Bertz CT molecular complexity index is 778. The van der Waals surface area contributed by atoms with Gasteiger partial charge in [-0.2, -0.15) is 0 Å². The molecule has 0 saturated heterocycles. The highest BCUT2D eigenvalue weighted by atomic mass is 35.5. The topological polar surface area (TPSA) is 49.4 Å². The lowest BCUT2D eigenvalue weighted by Gasteiger charge is -2.30. The fourth-order valence-electron chi connectivity index (χ4n) is 2.91. The minimum absolute atomic E-state index is 0.0162. The van der Waals surface area contributed by atoms with Crippen LogP contribution >= 0.6 is 23.4 Å². The SMILES string of the molecule is CCC(C(=O)NC)N(Cc1ccc(C)cc1)C(=O)CCSc1ccc(Cl)cc1. The van der Waals surface area contributed by atoms with Gasteiger partial charge in [0.2, 0.25) is 11.8 Å². The van der Waals surface area contributed by atoms with E-state index in [-0.39, 0.29) is 11.8 Å². The number of benzene rings is 2. The average molecular weight is 419 g/mol. The van der Waals surface area contributed by atoms with Crippen LogP contribution in [0.25, 0.3) is 0 Å². The minimum atomic E-state index is -0.473. The van der Waals surface area contributed by atoms with Crippen LogP contribution in [0.15, 0.2) is 53.4 Å². The summed E-state index contributed by atoms with van der Waals surface area (Å²) in [4.78, 5) is 28.1. The van der Waals surface area contributed by atoms with Crippen molar-refractivity contribution in [2.75, 3.05) is 12.8 Å². The van der Waals surface area contributed by atoms with E-state index < -0.39 is 6.04 Å². The molecule has 0 heterocycles. The summed E-state index contributed by atoms with van der Waals surface area (Å²) in [6.07, 6.45) is 0.939. The first-order chi connectivity index (χ1) is 13.4. The van der Waals surface area contributed by atoms with Crippen LogP contribution < -0.4 is 5.32 Å². The first-order valence-corrected chi connectivity index (χ1v) is 10.8. The van der Waals surface area contributed by atoms with Crippen molar-refractivity contribution in [3.63, 3.8) is 0 Å². The molecule has 0 aliphatic carbocycles. The van der Waals surface area contributed by atoms with Gasteiger partial charge < -0.3 is 10.2 Å². The summed E-state index contributed by atoms with van der Waals surface area (Å²) in [5, 5.41) is 3.38. The molecule has 2 aromatic rings. The molecule has 1 atom stereocenters. The van der Waals surface area contributed by atoms with Crippen LogP contribution in [-0.2, 0) is 16.1 Å². The van der Waals surface area contributed by atoms with Crippen molar-refractivity contribution in [2.45, 2.75) is 44.2 Å². The Morgan fingerprint density at radius 3 is 2.32 bits per heavy atom. The van der Waals surface area contributed by atoms with E-state index in [1.54, 1.807) is 23.7 Å². The highest BCUT2D eigenvalue weighted by Gasteiger charge is 2.27. The number of rotatable bonds is 9. The number of halogens is 1. The zero-order valence-electron chi connectivity index (χ0n) is 16.6. The second-order valence-corrected chi connectivity index (χ2v) is 8.20. The number of nitrogens with one attached hydrogen (secondary N) is 1. The number of hydrogen-bond donors (Lipinski definition) is 1. The van der Waals surface area contributed by atoms with Gasteiger partial charge in [-0.3, -0.25) is 9.59 Å². The number of hydrogen-bond acceptors (Lipinski definition) is 3. The van der Waals surface area contributed by atoms with Gasteiger partial charge in [-0.1, -0.05) is 48.4 Å². The molecular formula is C22H27ClN2O2S. The van der Waals surface area contributed by atoms with Crippen molar-refractivity contribution >= 4 is 35.2 Å². The van der Waals surface area contributed by atoms with Crippen molar-refractivity contribution in [3.05, 3.63) is 64.7 Å². The van der Waals surface area contributed by atoms with E-state index in [0.29, 0.717) is 30.2 Å². The lowest BCUT2D eigenvalue weighted by Crippen LogP contribution is -2.48. The van der Waals surface area contributed by atoms with Crippen LogP contribution in [0.1, 0.15) is 30.9 Å². The Labute approximate surface area is 176 Å². The van der Waals surface area contributed by atoms with Crippen molar-refractivity contribution < 1.29 is 9.59 Å². The maximum Gasteiger partial charge on any atom is 0.242 e. The van der Waals surface area contributed by atoms with Gasteiger partial charge in [0, 0.05) is 35.7 Å². The number of carbonyl (C=O) groups is 2. The lowest BCUT2D eigenvalue weighted by molar-refractivity contribution is -0.140. The predicted octanol–water partition coefficient (Wildman–Crippen LogP) is 4.68. The third kappa shape index (κ3) is 6.57. The minimum Gasteiger partial charge on any atom is -0.357 e. The molecule has 2 rings (SSSR count). The fraction of sp³-hybridized carbons (Fsp3) is 0.364. The molecule has 0 fully saturated rings. The number of aryl methyl sites for hydroxylation is 1. The Kier molecular flexibility index (Phi) is 8.87. The van der Waals surface area contributed by atoms with Crippen LogP contribution in [0.4, 0.5) is 0 Å². The van der Waals surface area contributed by atoms with E-state index in [1.807, 2.05) is 62.4 Å². The molecule has 0 aromatic heterocycles. The van der Waals surface area contributed by atoms with Gasteiger partial charge >= 0.3 is 0 Å². The second kappa shape index (κ2) is 11.1. The Balaban J connectivity index is 2.07. The molecule has 2 amide bonds. The normalized spacial score (nSPS) is 11.7. The highest BCUT2D eigenvalue weighted by Crippen LogP contribution is 2.22. The van der Waals surface area contributed by atoms with Crippen LogP contribution in [0.5, 0.6) is 0 Å². The number of carbonyl (C=O) groups excluding carboxylic acids is 2. The number of nitrogens with zero attached hydrogens (tertiary/aromatic N) is 1. The summed E-state index contributed by atoms with van der Waals surface area (Å²) in [6, 6.07) is 15.2. The van der Waals surface area contributed by atoms with Gasteiger partial charge in [-0.05, 0) is 43.2 Å². The molecule has 0 aliphatic heterocycles. The summed E-state index contributed by atoms with van der Waals surface area (Å²) in [6.45, 7) is 4.38. The molecule has 6 heteroatoms. The zero-order chi connectivity index (χ0) is 20.5. The summed E-state index contributed by atoms with van der Waals surface area (Å²) < 4.78 is 0. The van der Waals surface area contributed by atoms with Gasteiger partial charge in [0.25, 0.3) is 0 Å². The molecular weight excluding hydrogens is 392 g/mol. The molecule has 0 radical (unpaired) electrons. The quantitative estimate of drug-likeness (QED) is 0.601. The summed E-state index contributed by atoms with van der Waals surface area (Å²) >= 11 is 7.52. The van der Waals surface area contributed by atoms with E-state index in [2.05, 4.69) is 5.32 Å². The average Bonchev–Trinajstić information content (AvgIpc) is 2.70. The van der Waals surface area contributed by atoms with Crippen molar-refractivity contribution in [2.24, 2.45) is 0 Å². The van der Waals surface area contributed by atoms with Gasteiger partial charge in [0.1, 0.15) is 6.04 Å². The summed E-state index contributed by atoms with van der Waals surface area (Å²) in [7, 11) is 1.61. The smallest absolute Gasteiger partial charge is 0.242 e. The van der Waals surface area contributed by atoms with Crippen molar-refractivity contribution in [3.8, 4) is 0 Å². The fourth-order valence-corrected chi connectivity index (χ4v) is 3.87. The van der Waals surface area contributed by atoms with Crippen LogP contribution in [0, 0.1) is 6.92 Å². The van der Waals surface area contributed by atoms with Crippen molar-refractivity contribution in [1.82, 2.24) is 10.2 Å². The van der Waals surface area contributed by atoms with Crippen LogP contribution in [0.3, 0.4) is 0 Å². The molecule has 150 valence electrons. The van der Waals surface area contributed by atoms with Crippen molar-refractivity contribution in [1.29, 1.82) is 0 Å². The third-order valence-electron chi connectivity index (χ3n) is 4.50. The van der Waals surface area contributed by atoms with E-state index in [4.69, 9.17) is 11.6 Å². The molecule has 2 aromatic carbocycles. The Morgan fingerprint density at radius 2 is 1.75 bits per heavy atom. The van der Waals surface area contributed by atoms with E-state index >= 15 is 0 Å². The van der Waals surface area contributed by atoms with Crippen LogP contribution in [0.2, 0.25) is 5.02 Å². The molecule has 1 unspecified atom stereocenters. The largest absolute Gasteiger partial charge is 0.357 e. The lowest BCUT2D eigenvalue weighted by atomic mass is 10.1. The molecule has 28 heavy (non-hydrogen) atoms. The van der Waals surface area contributed by atoms with E-state index in [1.165, 1.54) is 5.56 Å². The predicted molar refractivity (Wildman–Crippen MR) is 117 cm³/mol. The van der Waals surface area contributed by atoms with Crippen LogP contribution in [-0.4, -0.2) is 35.6 Å². The molecule has 4 nitrogen and oxygen atoms in total. The third-order valence-corrected chi connectivity index (χ3v) is 5.77. The summed E-state index contributed by atoms with van der Waals surface area (Å²) in [5.74, 6) is 0.500. The molecule has 0 saturated carbocycles. The first-order valence-electron chi connectivity index (χ1n) is 9.39. The molecule has 1 N–H and O–H groups in total. The van der Waals surface area contributed by atoms with E-state index in [9.17, 15) is 9.59 Å². The standard InChI is InChI=1S/C22H27ClN2O2S/c1-4-20(22(27)24-3)25(15-17-7-5-16(2)6-8-17)21(26)13-14-28-19-11-9-18(23)10-12-19/h5-12,20H,4,13-15H2,1-3H3,(H,24,27). The number of thioether (sulfide) groups is 1. The monoisotopic (exact) mass is 418 g/mol. The Morgan fingerprint density at radius 1 is 1.11 bits per heavy atom. The Hall–Kier alpha value is -1.98. The zero-order valence-corrected chi connectivity index (χ0v) is 18.1. The first kappa shape index (κ1) is 22.3. The van der Waals surface area contributed by atoms with E-state index in [0.717, 1.165) is 10.5 Å². The number of likely N-dealkylation sites (N-methyl/N-ethyl adjacent to an activating group) is 1. The maximum absolute atomic E-state index is 13.0. The second-order valence-electron chi connectivity index (χ2n) is 6.60. The van der Waals surface area contributed by atoms with Gasteiger partial charge in [0.05, 0.1) is 0 Å². The molecule has 0 bridgehead atoms. The van der Waals surface area contributed by atoms with Gasteiger partial charge in [0.15, 0.2) is 0 Å². The summed E-state index contributed by atoms with van der Waals surface area (Å²) in [5.41, 5.74) is 2.19. The molecule has 0 spiro atoms.